The van der Waals surface area contributed by atoms with Crippen LogP contribution in [0.25, 0.3) is 0 Å². The molecule has 1 fully saturated rings. The van der Waals surface area contributed by atoms with Crippen LogP contribution >= 0.6 is 23.5 Å². The second kappa shape index (κ2) is 14.1. The third-order valence-electron chi connectivity index (χ3n) is 5.10. The molecule has 9 N–H and O–H groups in total. The van der Waals surface area contributed by atoms with Gasteiger partial charge in [0.1, 0.15) is 18.1 Å². The Hall–Kier alpha value is -2.56. The summed E-state index contributed by atoms with van der Waals surface area (Å²) in [6.07, 6.45) is 1.07. The van der Waals surface area contributed by atoms with Crippen molar-refractivity contribution in [2.45, 2.75) is 48.8 Å². The first kappa shape index (κ1) is 30.5. The number of primary amides is 1. The minimum absolute atomic E-state index is 0.0507. The predicted octanol–water partition coefficient (Wildman–Crippen LogP) is -3.69. The van der Waals surface area contributed by atoms with Crippen molar-refractivity contribution in [1.82, 2.24) is 26.6 Å². The molecule has 0 bridgehead atoms. The van der Waals surface area contributed by atoms with E-state index >= 15 is 0 Å². The van der Waals surface area contributed by atoms with Gasteiger partial charge in [-0.1, -0.05) is 0 Å². The fourth-order valence-corrected chi connectivity index (χ4v) is 4.95. The summed E-state index contributed by atoms with van der Waals surface area (Å²) >= 11 is 2.09. The molecule has 16 heteroatoms. The van der Waals surface area contributed by atoms with Gasteiger partial charge in [-0.2, -0.15) is 11.8 Å². The molecular weight excluding hydrogens is 504 g/mol. The van der Waals surface area contributed by atoms with Gasteiger partial charge in [0, 0.05) is 5.75 Å². The highest BCUT2D eigenvalue weighted by Gasteiger charge is 2.43. The van der Waals surface area contributed by atoms with Gasteiger partial charge in [-0.15, -0.1) is 11.8 Å². The molecule has 4 unspecified atom stereocenters. The molecule has 0 aromatic rings. The van der Waals surface area contributed by atoms with Crippen LogP contribution in [-0.2, 0) is 28.8 Å². The van der Waals surface area contributed by atoms with Crippen molar-refractivity contribution in [3.63, 3.8) is 0 Å². The Morgan fingerprint density at radius 2 is 1.74 bits per heavy atom. The molecule has 1 heterocycles. The molecule has 0 saturated carbocycles. The van der Waals surface area contributed by atoms with E-state index in [2.05, 4.69) is 26.6 Å². The van der Waals surface area contributed by atoms with Crippen LogP contribution < -0.4 is 32.3 Å². The molecule has 5 atom stereocenters. The molecule has 1 saturated heterocycles. The molecule has 0 aliphatic carbocycles. The Balaban J connectivity index is 3.50. The molecule has 0 spiro atoms. The molecule has 35 heavy (non-hydrogen) atoms. The van der Waals surface area contributed by atoms with Crippen LogP contribution in [0.5, 0.6) is 0 Å². The van der Waals surface area contributed by atoms with Crippen LogP contribution in [0.1, 0.15) is 19.8 Å². The van der Waals surface area contributed by atoms with Crippen LogP contribution in [0.2, 0.25) is 0 Å². The number of nitrogens with two attached hydrogens (primary N) is 1. The number of thioether (sulfide) groups is 2. The first-order valence-electron chi connectivity index (χ1n) is 10.6. The fraction of sp³-hybridized carbons (Fsp3) is 0.684. The van der Waals surface area contributed by atoms with E-state index in [1.54, 1.807) is 6.26 Å². The number of hydrogen-bond donors (Lipinski definition) is 8. The van der Waals surface area contributed by atoms with E-state index in [4.69, 9.17) is 5.73 Å². The molecule has 5 amide bonds. The normalized spacial score (nSPS) is 29.0. The zero-order valence-electron chi connectivity index (χ0n) is 19.6. The summed E-state index contributed by atoms with van der Waals surface area (Å²) in [6.45, 7) is 0.514. The number of aliphatic carboxylic acids is 1. The minimum Gasteiger partial charge on any atom is -0.479 e. The quantitative estimate of drug-likeness (QED) is 0.151. The zero-order valence-corrected chi connectivity index (χ0v) is 21.2. The Bertz CT molecular complexity index is 831. The Morgan fingerprint density at radius 1 is 1.11 bits per heavy atom. The largest absolute Gasteiger partial charge is 0.479 e. The van der Waals surface area contributed by atoms with E-state index in [1.807, 2.05) is 0 Å². The number of aliphatic hydroxyl groups excluding tert-OH is 1. The molecule has 0 aromatic carbocycles. The lowest BCUT2D eigenvalue weighted by Crippen LogP contribution is -2.60. The fourth-order valence-electron chi connectivity index (χ4n) is 2.99. The van der Waals surface area contributed by atoms with E-state index in [1.165, 1.54) is 25.7 Å². The first-order valence-corrected chi connectivity index (χ1v) is 12.9. The van der Waals surface area contributed by atoms with Crippen LogP contribution in [0.3, 0.4) is 0 Å². The topological polar surface area (TPSA) is 229 Å². The van der Waals surface area contributed by atoms with Crippen molar-refractivity contribution in [2.24, 2.45) is 5.73 Å². The standard InChI is InChI=1S/C19H32N6O8S2/c1-9-14(28)23-10(6-13(20)27)17(31)25-19(18(32)33,4-5-34-3)35-8-12(21-2)16(30)24-11(7-26)15(29)22-9/h9-12,21,26H,4-8H2,1-3H3,(H2,20,27)(H,22,29)(H,23,28)(H,24,30)(H,25,31)(H,32,33)/t9?,10?,11?,12?,19-/m1/s1. The van der Waals surface area contributed by atoms with E-state index in [0.29, 0.717) is 5.75 Å². The van der Waals surface area contributed by atoms with Crippen molar-refractivity contribution in [2.75, 3.05) is 31.4 Å². The molecule has 1 aliphatic rings. The number of carboxylic acids is 1. The van der Waals surface area contributed by atoms with E-state index in [0.717, 1.165) is 11.8 Å². The van der Waals surface area contributed by atoms with Crippen LogP contribution in [0.15, 0.2) is 0 Å². The minimum atomic E-state index is -1.91. The van der Waals surface area contributed by atoms with Gasteiger partial charge in [0.2, 0.25) is 29.5 Å². The first-order chi connectivity index (χ1) is 16.4. The lowest BCUT2D eigenvalue weighted by atomic mass is 10.1. The van der Waals surface area contributed by atoms with Gasteiger partial charge in [-0.05, 0) is 32.4 Å². The van der Waals surface area contributed by atoms with Crippen LogP contribution in [0, 0.1) is 0 Å². The number of aliphatic hydroxyl groups is 1. The second-order valence-electron chi connectivity index (χ2n) is 7.72. The lowest BCUT2D eigenvalue weighted by molar-refractivity contribution is -0.144. The highest BCUT2D eigenvalue weighted by molar-refractivity contribution is 8.01. The maximum atomic E-state index is 13.1. The monoisotopic (exact) mass is 536 g/mol. The molecule has 14 nitrogen and oxygen atoms in total. The number of carboxylic acid groups (broad SMARTS) is 1. The van der Waals surface area contributed by atoms with Gasteiger partial charge in [0.25, 0.3) is 0 Å². The maximum Gasteiger partial charge on any atom is 0.340 e. The van der Waals surface area contributed by atoms with Gasteiger partial charge in [0.05, 0.1) is 19.1 Å². The molecule has 0 aromatic heterocycles. The molecule has 198 valence electrons. The summed E-state index contributed by atoms with van der Waals surface area (Å²) in [4.78, 5) is 72.9. The SMILES string of the molecule is CNC1CS[C@](CCSC)(C(=O)O)NC(=O)C(CC(N)=O)NC(=O)C(C)NC(=O)C(CO)NC1=O. The van der Waals surface area contributed by atoms with Crippen molar-refractivity contribution >= 4 is 59.0 Å². The summed E-state index contributed by atoms with van der Waals surface area (Å²) in [5.41, 5.74) is 5.22. The van der Waals surface area contributed by atoms with Crippen molar-refractivity contribution in [1.29, 1.82) is 0 Å². The summed E-state index contributed by atoms with van der Waals surface area (Å²) in [7, 11) is 1.45. The Morgan fingerprint density at radius 3 is 2.26 bits per heavy atom. The van der Waals surface area contributed by atoms with Gasteiger partial charge in [-0.3, -0.25) is 24.0 Å². The third kappa shape index (κ3) is 8.87. The smallest absolute Gasteiger partial charge is 0.340 e. The Labute approximate surface area is 210 Å². The molecule has 0 radical (unpaired) electrons. The lowest BCUT2D eigenvalue weighted by Gasteiger charge is -2.32. The Kier molecular flexibility index (Phi) is 12.3. The average Bonchev–Trinajstić information content (AvgIpc) is 2.79. The maximum absolute atomic E-state index is 13.1. The number of carbonyl (C=O) groups excluding carboxylic acids is 5. The number of rotatable bonds is 8. The van der Waals surface area contributed by atoms with Gasteiger partial charge < -0.3 is 42.5 Å². The summed E-state index contributed by atoms with van der Waals surface area (Å²) < 4.78 is 0. The van der Waals surface area contributed by atoms with Crippen molar-refractivity contribution in [3.8, 4) is 0 Å². The van der Waals surface area contributed by atoms with Crippen molar-refractivity contribution < 1.29 is 39.0 Å². The predicted molar refractivity (Wildman–Crippen MR) is 129 cm³/mol. The van der Waals surface area contributed by atoms with Gasteiger partial charge in [0.15, 0.2) is 4.87 Å². The van der Waals surface area contributed by atoms with E-state index in [-0.39, 0.29) is 12.2 Å². The van der Waals surface area contributed by atoms with Gasteiger partial charge >= 0.3 is 5.97 Å². The number of carbonyl (C=O) groups is 6. The number of hydrogen-bond acceptors (Lipinski definition) is 10. The highest BCUT2D eigenvalue weighted by Crippen LogP contribution is 2.29. The summed E-state index contributed by atoms with van der Waals surface area (Å²) in [5, 5.41) is 31.7. The van der Waals surface area contributed by atoms with E-state index in [9.17, 15) is 39.0 Å². The molecular formula is C19H32N6O8S2. The van der Waals surface area contributed by atoms with Crippen molar-refractivity contribution in [3.05, 3.63) is 0 Å². The molecule has 1 rings (SSSR count). The number of likely N-dealkylation sites (N-methyl/N-ethyl adjacent to an activating group) is 1. The van der Waals surface area contributed by atoms with E-state index < -0.39 is 77.6 Å². The van der Waals surface area contributed by atoms with Crippen LogP contribution in [-0.4, -0.2) is 106 Å². The molecule has 1 aliphatic heterocycles. The number of nitrogens with one attached hydrogen (secondary N) is 5. The third-order valence-corrected chi connectivity index (χ3v) is 7.18. The van der Waals surface area contributed by atoms with Crippen LogP contribution in [0.4, 0.5) is 0 Å². The average molecular weight is 537 g/mol. The summed E-state index contributed by atoms with van der Waals surface area (Å²) in [6, 6.07) is -5.16. The van der Waals surface area contributed by atoms with Gasteiger partial charge in [-0.25, -0.2) is 4.79 Å². The second-order valence-corrected chi connectivity index (χ2v) is 10.0. The summed E-state index contributed by atoms with van der Waals surface area (Å²) in [5.74, 6) is -5.56. The zero-order chi connectivity index (χ0) is 26.8. The number of amides is 5. The highest BCUT2D eigenvalue weighted by atomic mass is 32.2.